The molecule has 1 aromatic heterocycles. The second kappa shape index (κ2) is 11.5. The van der Waals surface area contributed by atoms with Gasteiger partial charge < -0.3 is 24.0 Å². The van der Waals surface area contributed by atoms with Crippen LogP contribution in [0.25, 0.3) is 11.3 Å². The number of rotatable bonds is 10. The number of likely N-dealkylation sites (N-methyl/N-ethyl adjacent to an activating group) is 1. The van der Waals surface area contributed by atoms with Gasteiger partial charge in [0.2, 0.25) is 0 Å². The minimum absolute atomic E-state index is 0.119. The Labute approximate surface area is 227 Å². The molecule has 0 amide bonds. The van der Waals surface area contributed by atoms with Gasteiger partial charge in [0.25, 0.3) is 0 Å². The van der Waals surface area contributed by atoms with Crippen LogP contribution in [0.2, 0.25) is 10.0 Å². The number of fused-ring (bicyclic) bond motifs is 1. The van der Waals surface area contributed by atoms with Crippen LogP contribution in [-0.2, 0) is 26.2 Å². The van der Waals surface area contributed by atoms with Crippen LogP contribution >= 0.6 is 23.2 Å². The third-order valence-electron chi connectivity index (χ3n) is 6.80. The van der Waals surface area contributed by atoms with Crippen LogP contribution in [0.15, 0.2) is 72.8 Å². The Morgan fingerprint density at radius 2 is 1.38 bits per heavy atom. The molecule has 0 radical (unpaired) electrons. The SMILES string of the molecule is CN(CCO)c1ccc(-c2c(COc3ccc(Cl)cc3)c(COc3ccc(Cl)cc3)c3n2CCC3)cc1. The number of hydrogen-bond donors (Lipinski definition) is 1. The van der Waals surface area contributed by atoms with Gasteiger partial charge in [-0.05, 0) is 79.1 Å². The molecule has 2 heterocycles. The lowest BCUT2D eigenvalue weighted by atomic mass is 10.0. The molecule has 0 saturated carbocycles. The Morgan fingerprint density at radius 1 is 0.811 bits per heavy atom. The highest BCUT2D eigenvalue weighted by molar-refractivity contribution is 6.30. The van der Waals surface area contributed by atoms with E-state index in [4.69, 9.17) is 32.7 Å². The first kappa shape index (κ1) is 25.5. The van der Waals surface area contributed by atoms with Crippen molar-refractivity contribution < 1.29 is 14.6 Å². The molecule has 0 bridgehead atoms. The predicted molar refractivity (Wildman–Crippen MR) is 150 cm³/mol. The quantitative estimate of drug-likeness (QED) is 0.237. The lowest BCUT2D eigenvalue weighted by molar-refractivity contribution is 0.286. The Morgan fingerprint density at radius 3 is 1.95 bits per heavy atom. The summed E-state index contributed by atoms with van der Waals surface area (Å²) < 4.78 is 14.9. The molecule has 1 aliphatic heterocycles. The van der Waals surface area contributed by atoms with E-state index >= 15 is 0 Å². The second-order valence-corrected chi connectivity index (χ2v) is 10.1. The number of aliphatic hydroxyl groups is 1. The molecule has 0 saturated heterocycles. The summed E-state index contributed by atoms with van der Waals surface area (Å²) in [7, 11) is 1.98. The summed E-state index contributed by atoms with van der Waals surface area (Å²) in [5.41, 5.74) is 6.99. The molecule has 3 aromatic carbocycles. The minimum Gasteiger partial charge on any atom is -0.489 e. The molecular formula is C30H30Cl2N2O3. The largest absolute Gasteiger partial charge is 0.489 e. The fraction of sp³-hybridized carbons (Fsp3) is 0.267. The Balaban J connectivity index is 1.51. The number of ether oxygens (including phenoxy) is 2. The zero-order valence-electron chi connectivity index (χ0n) is 20.8. The van der Waals surface area contributed by atoms with Gasteiger partial charge in [-0.2, -0.15) is 0 Å². The highest BCUT2D eigenvalue weighted by Gasteiger charge is 2.27. The first-order chi connectivity index (χ1) is 18.0. The monoisotopic (exact) mass is 536 g/mol. The van der Waals surface area contributed by atoms with E-state index in [2.05, 4.69) is 28.8 Å². The number of aliphatic hydroxyl groups excluding tert-OH is 1. The lowest BCUT2D eigenvalue weighted by Crippen LogP contribution is -2.20. The average Bonchev–Trinajstić information content (AvgIpc) is 3.49. The number of aromatic nitrogens is 1. The highest BCUT2D eigenvalue weighted by Crippen LogP contribution is 2.38. The van der Waals surface area contributed by atoms with Crippen LogP contribution in [0.4, 0.5) is 5.69 Å². The highest BCUT2D eigenvalue weighted by atomic mass is 35.5. The first-order valence-electron chi connectivity index (χ1n) is 12.5. The van der Waals surface area contributed by atoms with E-state index in [1.165, 1.54) is 17.0 Å². The van der Waals surface area contributed by atoms with Crippen molar-refractivity contribution >= 4 is 28.9 Å². The number of halogens is 2. The summed E-state index contributed by atoms with van der Waals surface area (Å²) >= 11 is 12.1. The number of hydrogen-bond acceptors (Lipinski definition) is 4. The van der Waals surface area contributed by atoms with Crippen molar-refractivity contribution in [1.82, 2.24) is 4.57 Å². The zero-order chi connectivity index (χ0) is 25.8. The zero-order valence-corrected chi connectivity index (χ0v) is 22.3. The molecular weight excluding hydrogens is 507 g/mol. The van der Waals surface area contributed by atoms with Crippen LogP contribution in [0.1, 0.15) is 23.2 Å². The van der Waals surface area contributed by atoms with Gasteiger partial charge in [0.05, 0.1) is 12.3 Å². The summed E-state index contributed by atoms with van der Waals surface area (Å²) in [5.74, 6) is 1.55. The second-order valence-electron chi connectivity index (χ2n) is 9.18. The molecule has 0 fully saturated rings. The Bertz CT molecular complexity index is 1330. The van der Waals surface area contributed by atoms with Gasteiger partial charge in [0.1, 0.15) is 24.7 Å². The van der Waals surface area contributed by atoms with Crippen LogP contribution < -0.4 is 14.4 Å². The molecule has 0 atom stereocenters. The van der Waals surface area contributed by atoms with Gasteiger partial charge in [0, 0.05) is 52.7 Å². The van der Waals surface area contributed by atoms with Crippen molar-refractivity contribution in [3.05, 3.63) is 99.7 Å². The maximum absolute atomic E-state index is 9.31. The third-order valence-corrected chi connectivity index (χ3v) is 7.30. The normalized spacial score (nSPS) is 12.4. The van der Waals surface area contributed by atoms with Crippen molar-refractivity contribution in [3.8, 4) is 22.8 Å². The van der Waals surface area contributed by atoms with Crippen LogP contribution in [0, 0.1) is 0 Å². The summed E-state index contributed by atoms with van der Waals surface area (Å²) in [4.78, 5) is 2.04. The summed E-state index contributed by atoms with van der Waals surface area (Å²) in [6, 6.07) is 23.4. The van der Waals surface area contributed by atoms with Crippen molar-refractivity contribution in [2.45, 2.75) is 32.6 Å². The van der Waals surface area contributed by atoms with Gasteiger partial charge in [-0.1, -0.05) is 35.3 Å². The average molecular weight is 537 g/mol. The molecule has 5 nitrogen and oxygen atoms in total. The number of nitrogens with zero attached hydrogens (tertiary/aromatic N) is 2. The number of benzene rings is 3. The van der Waals surface area contributed by atoms with E-state index in [0.717, 1.165) is 47.7 Å². The predicted octanol–water partition coefficient (Wildman–Crippen LogP) is 6.99. The number of anilines is 1. The van der Waals surface area contributed by atoms with Crippen LogP contribution in [-0.4, -0.2) is 29.9 Å². The molecule has 4 aromatic rings. The molecule has 37 heavy (non-hydrogen) atoms. The van der Waals surface area contributed by atoms with Crippen LogP contribution in [0.3, 0.4) is 0 Å². The maximum Gasteiger partial charge on any atom is 0.119 e. The molecule has 192 valence electrons. The summed E-state index contributed by atoms with van der Waals surface area (Å²) in [6.07, 6.45) is 2.11. The minimum atomic E-state index is 0.119. The Kier molecular flexibility index (Phi) is 7.94. The van der Waals surface area contributed by atoms with E-state index in [1.807, 2.05) is 60.5 Å². The molecule has 7 heteroatoms. The van der Waals surface area contributed by atoms with Gasteiger partial charge in [-0.3, -0.25) is 0 Å². The Hall–Kier alpha value is -3.12. The third kappa shape index (κ3) is 5.74. The topological polar surface area (TPSA) is 46.9 Å². The van der Waals surface area contributed by atoms with Crippen molar-refractivity contribution in [2.24, 2.45) is 0 Å². The van der Waals surface area contributed by atoms with E-state index in [-0.39, 0.29) is 6.61 Å². The molecule has 1 aliphatic rings. The standard InChI is InChI=1S/C30H30Cl2N2O3/c1-33(17-18-35)24-10-4-21(5-11-24)30-28(20-37-26-14-8-23(32)9-15-26)27(29-3-2-16-34(29)30)19-36-25-12-6-22(31)7-13-25/h4-15,35H,2-3,16-20H2,1H3. The fourth-order valence-corrected chi connectivity index (χ4v) is 5.15. The molecule has 5 rings (SSSR count). The summed E-state index contributed by atoms with van der Waals surface area (Å²) in [6.45, 7) is 2.54. The van der Waals surface area contributed by atoms with E-state index < -0.39 is 0 Å². The van der Waals surface area contributed by atoms with Gasteiger partial charge in [-0.15, -0.1) is 0 Å². The van der Waals surface area contributed by atoms with Gasteiger partial charge >= 0.3 is 0 Å². The molecule has 1 N–H and O–H groups in total. The van der Waals surface area contributed by atoms with Crippen LogP contribution in [0.5, 0.6) is 11.5 Å². The first-order valence-corrected chi connectivity index (χ1v) is 13.2. The van der Waals surface area contributed by atoms with Crippen molar-refractivity contribution in [2.75, 3.05) is 25.1 Å². The van der Waals surface area contributed by atoms with Gasteiger partial charge in [-0.25, -0.2) is 0 Å². The van der Waals surface area contributed by atoms with Gasteiger partial charge in [0.15, 0.2) is 0 Å². The maximum atomic E-state index is 9.31. The smallest absolute Gasteiger partial charge is 0.119 e. The lowest BCUT2D eigenvalue weighted by Gasteiger charge is -2.19. The molecule has 0 spiro atoms. The van der Waals surface area contributed by atoms with Crippen molar-refractivity contribution in [3.63, 3.8) is 0 Å². The fourth-order valence-electron chi connectivity index (χ4n) is 4.90. The van der Waals surface area contributed by atoms with E-state index in [0.29, 0.717) is 29.8 Å². The van der Waals surface area contributed by atoms with Crippen molar-refractivity contribution in [1.29, 1.82) is 0 Å². The molecule has 0 aliphatic carbocycles. The summed E-state index contributed by atoms with van der Waals surface area (Å²) in [5, 5.41) is 10.7. The molecule has 0 unspecified atom stereocenters. The van der Waals surface area contributed by atoms with E-state index in [1.54, 1.807) is 0 Å². The van der Waals surface area contributed by atoms with E-state index in [9.17, 15) is 5.11 Å².